The number of rotatable bonds is 3. The molecule has 0 aliphatic carbocycles. The number of hydrogen-bond donors (Lipinski definition) is 0. The van der Waals surface area contributed by atoms with Crippen LogP contribution in [0.15, 0.2) is 45.3 Å². The summed E-state index contributed by atoms with van der Waals surface area (Å²) in [6, 6.07) is 12.7. The second kappa shape index (κ2) is 5.61. The lowest BCUT2D eigenvalue weighted by molar-refractivity contribution is 0.125. The van der Waals surface area contributed by atoms with Gasteiger partial charge >= 0.3 is 0 Å². The van der Waals surface area contributed by atoms with Crippen LogP contribution in [0.3, 0.4) is 0 Å². The topological polar surface area (TPSA) is 42.4 Å². The Morgan fingerprint density at radius 3 is 2.95 bits per heavy atom. The summed E-state index contributed by atoms with van der Waals surface area (Å²) < 4.78 is 11.2. The average Bonchev–Trinajstić information content (AvgIpc) is 3.13. The lowest BCUT2D eigenvalue weighted by Crippen LogP contribution is -2.33. The number of nitrogens with zero attached hydrogens (tertiary/aromatic N) is 2. The Bertz CT molecular complexity index is 741. The second-order valence-electron chi connectivity index (χ2n) is 6.10. The molecule has 3 heterocycles. The summed E-state index contributed by atoms with van der Waals surface area (Å²) in [4.78, 5) is 2.46. The van der Waals surface area contributed by atoms with Crippen LogP contribution in [0.4, 0.5) is 0 Å². The highest BCUT2D eigenvalue weighted by Gasteiger charge is 2.27. The zero-order chi connectivity index (χ0) is 14.9. The molecule has 0 bridgehead atoms. The van der Waals surface area contributed by atoms with E-state index in [-0.39, 0.29) is 0 Å². The summed E-state index contributed by atoms with van der Waals surface area (Å²) in [6.07, 6.45) is 3.60. The molecule has 114 valence electrons. The van der Waals surface area contributed by atoms with Gasteiger partial charge in [-0.3, -0.25) is 4.90 Å². The zero-order valence-corrected chi connectivity index (χ0v) is 12.8. The Balaban J connectivity index is 1.59. The number of aromatic nitrogens is 1. The van der Waals surface area contributed by atoms with Gasteiger partial charge in [0.15, 0.2) is 0 Å². The Kier molecular flexibility index (Phi) is 3.47. The number of furan rings is 1. The van der Waals surface area contributed by atoms with E-state index in [4.69, 9.17) is 8.94 Å². The summed E-state index contributed by atoms with van der Waals surface area (Å²) in [5, 5.41) is 5.40. The van der Waals surface area contributed by atoms with Crippen LogP contribution >= 0.6 is 0 Å². The van der Waals surface area contributed by atoms with Gasteiger partial charge in [-0.1, -0.05) is 29.8 Å². The van der Waals surface area contributed by atoms with Gasteiger partial charge in [-0.2, -0.15) is 0 Å². The quantitative estimate of drug-likeness (QED) is 0.716. The minimum absolute atomic E-state index is 0.333. The lowest BCUT2D eigenvalue weighted by Gasteiger charge is -2.33. The Morgan fingerprint density at radius 2 is 2.14 bits per heavy atom. The van der Waals surface area contributed by atoms with Crippen LogP contribution in [-0.4, -0.2) is 16.6 Å². The molecular weight excluding hydrogens is 276 g/mol. The molecular formula is C18H20N2O2. The molecule has 0 saturated carbocycles. The summed E-state index contributed by atoms with van der Waals surface area (Å²) in [7, 11) is 0. The molecule has 22 heavy (non-hydrogen) atoms. The van der Waals surface area contributed by atoms with E-state index in [0.29, 0.717) is 6.04 Å². The van der Waals surface area contributed by atoms with Gasteiger partial charge in [-0.05, 0) is 38.4 Å². The van der Waals surface area contributed by atoms with Gasteiger partial charge in [0.2, 0.25) is 0 Å². The van der Waals surface area contributed by atoms with Crippen LogP contribution in [0.2, 0.25) is 0 Å². The first-order valence-corrected chi connectivity index (χ1v) is 7.94. The third kappa shape index (κ3) is 2.55. The number of piperidine rings is 1. The highest BCUT2D eigenvalue weighted by Crippen LogP contribution is 2.32. The van der Waals surface area contributed by atoms with Gasteiger partial charge < -0.3 is 8.94 Å². The standard InChI is InChI=1S/C18H20N2O2/c1-13-10-16(19-22-13)17-7-4-5-9-20(17)12-15-11-14-6-2-3-8-18(14)21-15/h2-3,6,8,10-11,17H,4-5,7,9,12H2,1H3/t17-/m0/s1. The molecule has 0 N–H and O–H groups in total. The molecule has 1 atom stereocenters. The normalized spacial score (nSPS) is 19.8. The number of benzene rings is 1. The first-order valence-electron chi connectivity index (χ1n) is 7.94. The van der Waals surface area contributed by atoms with E-state index < -0.39 is 0 Å². The maximum atomic E-state index is 5.97. The maximum Gasteiger partial charge on any atom is 0.134 e. The van der Waals surface area contributed by atoms with Crippen LogP contribution in [0.1, 0.15) is 42.5 Å². The highest BCUT2D eigenvalue weighted by atomic mass is 16.5. The molecule has 1 fully saturated rings. The predicted octanol–water partition coefficient (Wildman–Crippen LogP) is 4.46. The van der Waals surface area contributed by atoms with Crippen molar-refractivity contribution in [1.82, 2.24) is 10.1 Å². The van der Waals surface area contributed by atoms with Gasteiger partial charge in [-0.25, -0.2) is 0 Å². The Labute approximate surface area is 129 Å². The van der Waals surface area contributed by atoms with E-state index in [9.17, 15) is 0 Å². The predicted molar refractivity (Wildman–Crippen MR) is 84.5 cm³/mol. The van der Waals surface area contributed by atoms with Crippen LogP contribution in [0.25, 0.3) is 11.0 Å². The third-order valence-electron chi connectivity index (χ3n) is 4.44. The average molecular weight is 296 g/mol. The molecule has 3 aromatic rings. The minimum Gasteiger partial charge on any atom is -0.460 e. The largest absolute Gasteiger partial charge is 0.460 e. The molecule has 0 spiro atoms. The van der Waals surface area contributed by atoms with Crippen molar-refractivity contribution < 1.29 is 8.94 Å². The van der Waals surface area contributed by atoms with Crippen LogP contribution < -0.4 is 0 Å². The van der Waals surface area contributed by atoms with E-state index in [1.54, 1.807) is 0 Å². The molecule has 0 amide bonds. The van der Waals surface area contributed by atoms with Crippen molar-refractivity contribution in [2.75, 3.05) is 6.54 Å². The van der Waals surface area contributed by atoms with Crippen LogP contribution in [0.5, 0.6) is 0 Å². The third-order valence-corrected chi connectivity index (χ3v) is 4.44. The Hall–Kier alpha value is -2.07. The van der Waals surface area contributed by atoms with E-state index in [0.717, 1.165) is 42.3 Å². The molecule has 4 rings (SSSR count). The molecule has 0 radical (unpaired) electrons. The van der Waals surface area contributed by atoms with Gasteiger partial charge in [-0.15, -0.1) is 0 Å². The van der Waals surface area contributed by atoms with E-state index >= 15 is 0 Å². The smallest absolute Gasteiger partial charge is 0.134 e. The SMILES string of the molecule is Cc1cc([C@@H]2CCCCN2Cc2cc3ccccc3o2)no1. The van der Waals surface area contributed by atoms with Crippen molar-refractivity contribution in [3.63, 3.8) is 0 Å². The van der Waals surface area contributed by atoms with Crippen molar-refractivity contribution >= 4 is 11.0 Å². The first-order chi connectivity index (χ1) is 10.8. The summed E-state index contributed by atoms with van der Waals surface area (Å²) in [5.41, 5.74) is 2.01. The molecule has 4 heteroatoms. The summed E-state index contributed by atoms with van der Waals surface area (Å²) in [6.45, 7) is 3.85. The summed E-state index contributed by atoms with van der Waals surface area (Å²) >= 11 is 0. The molecule has 4 nitrogen and oxygen atoms in total. The van der Waals surface area contributed by atoms with Gasteiger partial charge in [0, 0.05) is 11.5 Å². The van der Waals surface area contributed by atoms with Gasteiger partial charge in [0.1, 0.15) is 22.8 Å². The molecule has 0 unspecified atom stereocenters. The van der Waals surface area contributed by atoms with Crippen molar-refractivity contribution in [2.24, 2.45) is 0 Å². The molecule has 1 aromatic carbocycles. The van der Waals surface area contributed by atoms with Gasteiger partial charge in [0.05, 0.1) is 12.6 Å². The number of aryl methyl sites for hydroxylation is 1. The fraction of sp³-hybridized carbons (Fsp3) is 0.389. The molecule has 1 aliphatic rings. The zero-order valence-electron chi connectivity index (χ0n) is 12.8. The number of hydrogen-bond acceptors (Lipinski definition) is 4. The van der Waals surface area contributed by atoms with E-state index in [2.05, 4.69) is 28.3 Å². The fourth-order valence-electron chi connectivity index (χ4n) is 3.37. The monoisotopic (exact) mass is 296 g/mol. The van der Waals surface area contributed by atoms with Gasteiger partial charge in [0.25, 0.3) is 0 Å². The highest BCUT2D eigenvalue weighted by molar-refractivity contribution is 5.77. The van der Waals surface area contributed by atoms with Crippen LogP contribution in [0, 0.1) is 6.92 Å². The lowest BCUT2D eigenvalue weighted by atomic mass is 9.99. The maximum absolute atomic E-state index is 5.97. The molecule has 2 aromatic heterocycles. The number of para-hydroxylation sites is 1. The van der Waals surface area contributed by atoms with Crippen molar-refractivity contribution in [3.8, 4) is 0 Å². The first kappa shape index (κ1) is 13.6. The Morgan fingerprint density at radius 1 is 1.23 bits per heavy atom. The van der Waals surface area contributed by atoms with Crippen molar-refractivity contribution in [2.45, 2.75) is 38.8 Å². The van der Waals surface area contributed by atoms with E-state index in [1.807, 2.05) is 25.1 Å². The summed E-state index contributed by atoms with van der Waals surface area (Å²) in [5.74, 6) is 1.90. The van der Waals surface area contributed by atoms with Crippen molar-refractivity contribution in [1.29, 1.82) is 0 Å². The molecule has 1 saturated heterocycles. The minimum atomic E-state index is 0.333. The number of likely N-dealkylation sites (tertiary alicyclic amines) is 1. The van der Waals surface area contributed by atoms with E-state index in [1.165, 1.54) is 18.2 Å². The fourth-order valence-corrected chi connectivity index (χ4v) is 3.37. The molecule has 1 aliphatic heterocycles. The van der Waals surface area contributed by atoms with Crippen LogP contribution in [-0.2, 0) is 6.54 Å². The van der Waals surface area contributed by atoms with Crippen molar-refractivity contribution in [3.05, 3.63) is 53.6 Å². The second-order valence-corrected chi connectivity index (χ2v) is 6.10. The number of fused-ring (bicyclic) bond motifs is 1.